The molecule has 1 aromatic heterocycles. The summed E-state index contributed by atoms with van der Waals surface area (Å²) in [5.74, 6) is -0.748. The molecule has 1 aromatic rings. The van der Waals surface area contributed by atoms with Crippen LogP contribution in [0.25, 0.3) is 0 Å². The summed E-state index contributed by atoms with van der Waals surface area (Å²) >= 11 is 1.62. The summed E-state index contributed by atoms with van der Waals surface area (Å²) in [6.45, 7) is 1.46. The molecule has 0 aliphatic carbocycles. The second-order valence-electron chi connectivity index (χ2n) is 6.89. The maximum atomic E-state index is 13.1. The molecule has 150 valence electrons. The normalized spacial score (nSPS) is 19.8. The molecule has 2 saturated heterocycles. The Morgan fingerprint density at radius 2 is 1.89 bits per heavy atom. The van der Waals surface area contributed by atoms with E-state index in [2.05, 4.69) is 0 Å². The molecule has 2 aliphatic rings. The van der Waals surface area contributed by atoms with Crippen molar-refractivity contribution in [2.24, 2.45) is 0 Å². The Morgan fingerprint density at radius 3 is 2.52 bits per heavy atom. The van der Waals surface area contributed by atoms with E-state index in [1.807, 2.05) is 17.5 Å². The molecule has 0 bridgehead atoms. The number of piperidine rings is 1. The predicted molar refractivity (Wildman–Crippen MR) is 103 cm³/mol. The standard InChI is InChI=1S/C18H26N2O5S2/c21-17-4-1-5-18(22)19(17)10-14-27(23,24)20(15-7-11-25-12-8-15)9-6-16-3-2-13-26-16/h2-3,13,15H,1,4-12,14H2. The lowest BCUT2D eigenvalue weighted by atomic mass is 10.1. The highest BCUT2D eigenvalue weighted by Gasteiger charge is 2.33. The number of carbonyl (C=O) groups excluding carboxylic acids is 2. The van der Waals surface area contributed by atoms with Crippen LogP contribution in [0.15, 0.2) is 17.5 Å². The Hall–Kier alpha value is -1.29. The van der Waals surface area contributed by atoms with Gasteiger partial charge in [0.25, 0.3) is 0 Å². The van der Waals surface area contributed by atoms with Crippen LogP contribution in [0.4, 0.5) is 0 Å². The number of hydrogen-bond acceptors (Lipinski definition) is 6. The summed E-state index contributed by atoms with van der Waals surface area (Å²) < 4.78 is 33.1. The first-order chi connectivity index (χ1) is 13.0. The SMILES string of the molecule is O=C1CCCC(=O)N1CCS(=O)(=O)N(CCc1cccs1)C1CCOCC1. The molecule has 2 amide bonds. The lowest BCUT2D eigenvalue weighted by molar-refractivity contribution is -0.147. The van der Waals surface area contributed by atoms with E-state index in [0.29, 0.717) is 58.3 Å². The van der Waals surface area contributed by atoms with Crippen molar-refractivity contribution in [3.63, 3.8) is 0 Å². The quantitative estimate of drug-likeness (QED) is 0.604. The number of nitrogens with zero attached hydrogens (tertiary/aromatic N) is 2. The van der Waals surface area contributed by atoms with Crippen molar-refractivity contribution in [3.05, 3.63) is 22.4 Å². The summed E-state index contributed by atoms with van der Waals surface area (Å²) in [5.41, 5.74) is 0. The van der Waals surface area contributed by atoms with Crippen LogP contribution in [0.2, 0.25) is 0 Å². The molecule has 0 atom stereocenters. The molecule has 0 saturated carbocycles. The van der Waals surface area contributed by atoms with Gasteiger partial charge in [-0.1, -0.05) is 6.07 Å². The fourth-order valence-corrected chi connectivity index (χ4v) is 5.95. The van der Waals surface area contributed by atoms with Gasteiger partial charge >= 0.3 is 0 Å². The Bertz CT molecular complexity index is 726. The number of thiophene rings is 1. The van der Waals surface area contributed by atoms with Gasteiger partial charge < -0.3 is 4.74 Å². The van der Waals surface area contributed by atoms with E-state index in [4.69, 9.17) is 4.74 Å². The maximum Gasteiger partial charge on any atom is 0.229 e. The van der Waals surface area contributed by atoms with Crippen LogP contribution in [0.5, 0.6) is 0 Å². The smallest absolute Gasteiger partial charge is 0.229 e. The number of amides is 2. The number of imide groups is 1. The van der Waals surface area contributed by atoms with E-state index in [9.17, 15) is 18.0 Å². The summed E-state index contributed by atoms with van der Waals surface area (Å²) in [5, 5.41) is 1.98. The van der Waals surface area contributed by atoms with Crippen molar-refractivity contribution in [1.82, 2.24) is 9.21 Å². The summed E-state index contributed by atoms with van der Waals surface area (Å²) in [7, 11) is -3.59. The molecule has 9 heteroatoms. The minimum atomic E-state index is -3.59. The summed E-state index contributed by atoms with van der Waals surface area (Å²) in [4.78, 5) is 26.2. The van der Waals surface area contributed by atoms with Gasteiger partial charge in [-0.25, -0.2) is 8.42 Å². The van der Waals surface area contributed by atoms with Crippen LogP contribution in [-0.2, 0) is 30.8 Å². The zero-order valence-electron chi connectivity index (χ0n) is 15.3. The van der Waals surface area contributed by atoms with Crippen LogP contribution < -0.4 is 0 Å². The summed E-state index contributed by atoms with van der Waals surface area (Å²) in [6.07, 6.45) is 3.18. The van der Waals surface area contributed by atoms with Crippen molar-refractivity contribution in [1.29, 1.82) is 0 Å². The monoisotopic (exact) mass is 414 g/mol. The topological polar surface area (TPSA) is 84.0 Å². The van der Waals surface area contributed by atoms with Gasteiger partial charge in [0.05, 0.1) is 5.75 Å². The number of likely N-dealkylation sites (tertiary alicyclic amines) is 1. The Labute approximate surface area is 164 Å². The molecule has 0 radical (unpaired) electrons. The van der Waals surface area contributed by atoms with Crippen molar-refractivity contribution in [3.8, 4) is 0 Å². The van der Waals surface area contributed by atoms with E-state index in [1.54, 1.807) is 15.6 Å². The molecular formula is C18H26N2O5S2. The zero-order valence-corrected chi connectivity index (χ0v) is 17.0. The van der Waals surface area contributed by atoms with Crippen LogP contribution in [0.3, 0.4) is 0 Å². The molecule has 27 heavy (non-hydrogen) atoms. The van der Waals surface area contributed by atoms with Crippen molar-refractivity contribution in [2.75, 3.05) is 32.1 Å². The average Bonchev–Trinajstić information content (AvgIpc) is 3.16. The van der Waals surface area contributed by atoms with E-state index in [0.717, 1.165) is 9.78 Å². The molecule has 3 rings (SSSR count). The van der Waals surface area contributed by atoms with Crippen LogP contribution in [0.1, 0.15) is 37.0 Å². The third kappa shape index (κ3) is 5.37. The van der Waals surface area contributed by atoms with Gasteiger partial charge in [-0.2, -0.15) is 4.31 Å². The predicted octanol–water partition coefficient (Wildman–Crippen LogP) is 1.64. The van der Waals surface area contributed by atoms with Gasteiger partial charge in [-0.05, 0) is 37.1 Å². The molecule has 3 heterocycles. The molecule has 0 spiro atoms. The molecular weight excluding hydrogens is 388 g/mol. The minimum absolute atomic E-state index is 0.0568. The molecule has 2 fully saturated rings. The van der Waals surface area contributed by atoms with Gasteiger partial charge in [0.15, 0.2) is 0 Å². The zero-order chi connectivity index (χ0) is 19.3. The number of sulfonamides is 1. The number of ether oxygens (including phenoxy) is 1. The molecule has 0 aromatic carbocycles. The highest BCUT2D eigenvalue weighted by molar-refractivity contribution is 7.89. The Morgan fingerprint density at radius 1 is 1.19 bits per heavy atom. The highest BCUT2D eigenvalue weighted by Crippen LogP contribution is 2.21. The molecule has 2 aliphatic heterocycles. The number of rotatable bonds is 8. The van der Waals surface area contributed by atoms with Gasteiger partial charge in [0.2, 0.25) is 21.8 Å². The van der Waals surface area contributed by atoms with E-state index < -0.39 is 10.0 Å². The highest BCUT2D eigenvalue weighted by atomic mass is 32.2. The lowest BCUT2D eigenvalue weighted by Crippen LogP contribution is -2.48. The fourth-order valence-electron chi connectivity index (χ4n) is 3.57. The van der Waals surface area contributed by atoms with Crippen LogP contribution in [-0.4, -0.2) is 67.5 Å². The van der Waals surface area contributed by atoms with Gasteiger partial charge in [-0.3, -0.25) is 14.5 Å². The first kappa shape index (κ1) is 20.4. The number of hydrogen-bond donors (Lipinski definition) is 0. The molecule has 0 N–H and O–H groups in total. The molecule has 7 nitrogen and oxygen atoms in total. The average molecular weight is 415 g/mol. The minimum Gasteiger partial charge on any atom is -0.381 e. The van der Waals surface area contributed by atoms with Gasteiger partial charge in [0.1, 0.15) is 0 Å². The van der Waals surface area contributed by atoms with Crippen LogP contribution >= 0.6 is 11.3 Å². The third-order valence-electron chi connectivity index (χ3n) is 5.07. The first-order valence-electron chi connectivity index (χ1n) is 9.40. The van der Waals surface area contributed by atoms with E-state index in [1.165, 1.54) is 0 Å². The van der Waals surface area contributed by atoms with Gasteiger partial charge in [0, 0.05) is 50.1 Å². The second-order valence-corrected chi connectivity index (χ2v) is 9.97. The second kappa shape index (κ2) is 9.27. The van der Waals surface area contributed by atoms with E-state index in [-0.39, 0.29) is 30.2 Å². The fraction of sp³-hybridized carbons (Fsp3) is 0.667. The Kier molecular flexibility index (Phi) is 7.02. The van der Waals surface area contributed by atoms with Crippen molar-refractivity contribution in [2.45, 2.75) is 44.6 Å². The van der Waals surface area contributed by atoms with Crippen LogP contribution in [0, 0.1) is 0 Å². The van der Waals surface area contributed by atoms with Gasteiger partial charge in [-0.15, -0.1) is 11.3 Å². The van der Waals surface area contributed by atoms with E-state index >= 15 is 0 Å². The third-order valence-corrected chi connectivity index (χ3v) is 7.90. The summed E-state index contributed by atoms with van der Waals surface area (Å²) in [6, 6.07) is 3.88. The molecule has 0 unspecified atom stereocenters. The largest absolute Gasteiger partial charge is 0.381 e. The first-order valence-corrected chi connectivity index (χ1v) is 11.9. The van der Waals surface area contributed by atoms with Crippen molar-refractivity contribution < 1.29 is 22.7 Å². The maximum absolute atomic E-state index is 13.1. The van der Waals surface area contributed by atoms with Crippen molar-refractivity contribution >= 4 is 33.2 Å². The number of carbonyl (C=O) groups is 2. The Balaban J connectivity index is 1.68. The lowest BCUT2D eigenvalue weighted by Gasteiger charge is -2.34.